The van der Waals surface area contributed by atoms with Gasteiger partial charge in [0.1, 0.15) is 5.75 Å². The second-order valence-corrected chi connectivity index (χ2v) is 5.37. The molecule has 1 aromatic rings. The maximum Gasteiger partial charge on any atom is 0.257 e. The molecule has 2 saturated heterocycles. The van der Waals surface area contributed by atoms with Crippen molar-refractivity contribution in [2.24, 2.45) is 5.92 Å². The van der Waals surface area contributed by atoms with Crippen LogP contribution in [0.15, 0.2) is 24.3 Å². The highest BCUT2D eigenvalue weighted by Gasteiger charge is 2.37. The fraction of sp³-hybridized carbons (Fsp3) is 0.533. The van der Waals surface area contributed by atoms with E-state index >= 15 is 0 Å². The van der Waals surface area contributed by atoms with E-state index in [2.05, 4.69) is 5.32 Å². The fourth-order valence-electron chi connectivity index (χ4n) is 3.20. The van der Waals surface area contributed by atoms with Gasteiger partial charge in [-0.3, -0.25) is 4.79 Å². The van der Waals surface area contributed by atoms with Crippen molar-refractivity contribution in [3.8, 4) is 5.75 Å². The lowest BCUT2D eigenvalue weighted by Gasteiger charge is -2.24. The predicted molar refractivity (Wildman–Crippen MR) is 73.4 cm³/mol. The van der Waals surface area contributed by atoms with Gasteiger partial charge >= 0.3 is 0 Å². The van der Waals surface area contributed by atoms with Crippen molar-refractivity contribution in [1.82, 2.24) is 10.2 Å². The SMILES string of the molecule is COc1ccccc1C(=O)N1CC2CCCNC2C1. The monoisotopic (exact) mass is 260 g/mol. The molecule has 4 nitrogen and oxygen atoms in total. The van der Waals surface area contributed by atoms with Crippen LogP contribution in [0.3, 0.4) is 0 Å². The highest BCUT2D eigenvalue weighted by atomic mass is 16.5. The van der Waals surface area contributed by atoms with Gasteiger partial charge < -0.3 is 15.0 Å². The molecule has 1 aromatic carbocycles. The molecule has 102 valence electrons. The molecule has 1 N–H and O–H groups in total. The molecule has 0 spiro atoms. The number of carbonyl (C=O) groups is 1. The number of nitrogens with one attached hydrogen (secondary N) is 1. The number of para-hydroxylation sites is 1. The van der Waals surface area contributed by atoms with E-state index in [4.69, 9.17) is 4.74 Å². The van der Waals surface area contributed by atoms with E-state index in [1.54, 1.807) is 7.11 Å². The molecule has 0 aromatic heterocycles. The van der Waals surface area contributed by atoms with Crippen LogP contribution in [-0.2, 0) is 0 Å². The van der Waals surface area contributed by atoms with E-state index in [0.29, 0.717) is 23.3 Å². The van der Waals surface area contributed by atoms with Crippen LogP contribution in [0, 0.1) is 5.92 Å². The minimum Gasteiger partial charge on any atom is -0.496 e. The van der Waals surface area contributed by atoms with Gasteiger partial charge in [-0.1, -0.05) is 12.1 Å². The van der Waals surface area contributed by atoms with Crippen LogP contribution in [0.1, 0.15) is 23.2 Å². The van der Waals surface area contributed by atoms with E-state index < -0.39 is 0 Å². The van der Waals surface area contributed by atoms with E-state index in [1.807, 2.05) is 29.2 Å². The Bertz CT molecular complexity index is 461. The number of fused-ring (bicyclic) bond motifs is 1. The minimum absolute atomic E-state index is 0.0913. The van der Waals surface area contributed by atoms with Gasteiger partial charge in [0, 0.05) is 19.1 Å². The molecule has 0 aliphatic carbocycles. The number of amides is 1. The van der Waals surface area contributed by atoms with Crippen molar-refractivity contribution >= 4 is 5.91 Å². The van der Waals surface area contributed by atoms with E-state index in [0.717, 1.165) is 19.6 Å². The van der Waals surface area contributed by atoms with Crippen LogP contribution in [0.25, 0.3) is 0 Å². The van der Waals surface area contributed by atoms with E-state index in [1.165, 1.54) is 12.8 Å². The smallest absolute Gasteiger partial charge is 0.257 e. The Kier molecular flexibility index (Phi) is 3.42. The number of piperidine rings is 1. The largest absolute Gasteiger partial charge is 0.496 e. The summed E-state index contributed by atoms with van der Waals surface area (Å²) in [7, 11) is 1.61. The summed E-state index contributed by atoms with van der Waals surface area (Å²) in [5, 5.41) is 3.52. The summed E-state index contributed by atoms with van der Waals surface area (Å²) in [5.41, 5.74) is 0.670. The Morgan fingerprint density at radius 2 is 2.21 bits per heavy atom. The predicted octanol–water partition coefficient (Wildman–Crippen LogP) is 1.52. The zero-order chi connectivity index (χ0) is 13.2. The van der Waals surface area contributed by atoms with E-state index in [-0.39, 0.29) is 5.91 Å². The zero-order valence-corrected chi connectivity index (χ0v) is 11.3. The summed E-state index contributed by atoms with van der Waals surface area (Å²) in [6, 6.07) is 7.94. The zero-order valence-electron chi connectivity index (χ0n) is 11.3. The third-order valence-electron chi connectivity index (χ3n) is 4.22. The van der Waals surface area contributed by atoms with Crippen molar-refractivity contribution in [1.29, 1.82) is 0 Å². The number of benzene rings is 1. The average molecular weight is 260 g/mol. The normalized spacial score (nSPS) is 26.1. The first-order chi connectivity index (χ1) is 9.29. The van der Waals surface area contributed by atoms with Gasteiger partial charge in [0.2, 0.25) is 0 Å². The molecule has 4 heteroatoms. The fourth-order valence-corrected chi connectivity index (χ4v) is 3.20. The lowest BCUT2D eigenvalue weighted by atomic mass is 9.94. The maximum atomic E-state index is 12.6. The van der Waals surface area contributed by atoms with Gasteiger partial charge in [-0.05, 0) is 37.4 Å². The summed E-state index contributed by atoms with van der Waals surface area (Å²) in [6.07, 6.45) is 2.45. The van der Waals surface area contributed by atoms with Gasteiger partial charge in [0.05, 0.1) is 12.7 Å². The van der Waals surface area contributed by atoms with Crippen LogP contribution in [0.2, 0.25) is 0 Å². The summed E-state index contributed by atoms with van der Waals surface area (Å²) in [6.45, 7) is 2.77. The van der Waals surface area contributed by atoms with Gasteiger partial charge in [-0.25, -0.2) is 0 Å². The summed E-state index contributed by atoms with van der Waals surface area (Å²) < 4.78 is 5.28. The highest BCUT2D eigenvalue weighted by Crippen LogP contribution is 2.28. The molecule has 2 atom stereocenters. The van der Waals surface area contributed by atoms with Crippen molar-refractivity contribution in [3.63, 3.8) is 0 Å². The second-order valence-electron chi connectivity index (χ2n) is 5.37. The Balaban J connectivity index is 1.77. The van der Waals surface area contributed by atoms with Crippen molar-refractivity contribution in [2.75, 3.05) is 26.7 Å². The Labute approximate surface area is 113 Å². The summed E-state index contributed by atoms with van der Waals surface area (Å²) in [5.74, 6) is 1.37. The molecule has 2 aliphatic rings. The molecule has 2 heterocycles. The third-order valence-corrected chi connectivity index (χ3v) is 4.22. The Morgan fingerprint density at radius 1 is 1.37 bits per heavy atom. The molecule has 3 rings (SSSR count). The van der Waals surface area contributed by atoms with Gasteiger partial charge in [0.15, 0.2) is 0 Å². The van der Waals surface area contributed by atoms with Crippen LogP contribution >= 0.6 is 0 Å². The highest BCUT2D eigenvalue weighted by molar-refractivity contribution is 5.97. The first-order valence-electron chi connectivity index (χ1n) is 6.95. The number of rotatable bonds is 2. The molecular weight excluding hydrogens is 240 g/mol. The molecule has 1 amide bonds. The van der Waals surface area contributed by atoms with Crippen molar-refractivity contribution in [2.45, 2.75) is 18.9 Å². The number of methoxy groups -OCH3 is 1. The van der Waals surface area contributed by atoms with Crippen LogP contribution in [0.4, 0.5) is 0 Å². The average Bonchev–Trinajstić information content (AvgIpc) is 2.90. The molecule has 2 unspecified atom stereocenters. The lowest BCUT2D eigenvalue weighted by molar-refractivity contribution is 0.0782. The number of carbonyl (C=O) groups excluding carboxylic acids is 1. The second kappa shape index (κ2) is 5.21. The van der Waals surface area contributed by atoms with Crippen LogP contribution in [0.5, 0.6) is 5.75 Å². The standard InChI is InChI=1S/C15H20N2O2/c1-19-14-7-3-2-6-12(14)15(18)17-9-11-5-4-8-16-13(11)10-17/h2-3,6-7,11,13,16H,4-5,8-10H2,1H3. The molecule has 0 bridgehead atoms. The van der Waals surface area contributed by atoms with Crippen molar-refractivity contribution < 1.29 is 9.53 Å². The first-order valence-corrected chi connectivity index (χ1v) is 6.95. The molecule has 19 heavy (non-hydrogen) atoms. The number of ether oxygens (including phenoxy) is 1. The van der Waals surface area contributed by atoms with E-state index in [9.17, 15) is 4.79 Å². The molecule has 2 fully saturated rings. The summed E-state index contributed by atoms with van der Waals surface area (Å²) in [4.78, 5) is 14.6. The molecule has 0 radical (unpaired) electrons. The summed E-state index contributed by atoms with van der Waals surface area (Å²) >= 11 is 0. The van der Waals surface area contributed by atoms with Crippen LogP contribution < -0.4 is 10.1 Å². The van der Waals surface area contributed by atoms with Gasteiger partial charge in [-0.15, -0.1) is 0 Å². The third kappa shape index (κ3) is 2.32. The quantitative estimate of drug-likeness (QED) is 0.876. The maximum absolute atomic E-state index is 12.6. The lowest BCUT2D eigenvalue weighted by Crippen LogP contribution is -2.41. The molecule has 0 saturated carbocycles. The Morgan fingerprint density at radius 3 is 3.00 bits per heavy atom. The van der Waals surface area contributed by atoms with Gasteiger partial charge in [0.25, 0.3) is 5.91 Å². The minimum atomic E-state index is 0.0913. The number of hydrogen-bond acceptors (Lipinski definition) is 3. The molecule has 2 aliphatic heterocycles. The van der Waals surface area contributed by atoms with Crippen molar-refractivity contribution in [3.05, 3.63) is 29.8 Å². The van der Waals surface area contributed by atoms with Crippen LogP contribution in [-0.4, -0.2) is 43.6 Å². The molecular formula is C15H20N2O2. The Hall–Kier alpha value is -1.55. The van der Waals surface area contributed by atoms with Gasteiger partial charge in [-0.2, -0.15) is 0 Å². The topological polar surface area (TPSA) is 41.6 Å². The number of hydrogen-bond donors (Lipinski definition) is 1. The number of nitrogens with zero attached hydrogens (tertiary/aromatic N) is 1. The number of likely N-dealkylation sites (tertiary alicyclic amines) is 1. The first kappa shape index (κ1) is 12.5.